The highest BCUT2D eigenvalue weighted by atomic mass is 16.6. The summed E-state index contributed by atoms with van der Waals surface area (Å²) in [4.78, 5) is 15.4. The zero-order valence-electron chi connectivity index (χ0n) is 12.8. The maximum atomic E-state index is 11.4. The first kappa shape index (κ1) is 16.4. The summed E-state index contributed by atoms with van der Waals surface area (Å²) in [6.07, 6.45) is 4.07. The van der Waals surface area contributed by atoms with Crippen LogP contribution in [0.4, 0.5) is 4.79 Å². The van der Waals surface area contributed by atoms with Gasteiger partial charge in [0.2, 0.25) is 0 Å². The minimum absolute atomic E-state index is 0.277. The fraction of sp³-hybridized carbons (Fsp3) is 0.600. The average Bonchev–Trinajstić information content (AvgIpc) is 2.37. The number of hydrogen-bond donors (Lipinski definition) is 2. The van der Waals surface area contributed by atoms with E-state index < -0.39 is 5.60 Å². The van der Waals surface area contributed by atoms with Gasteiger partial charge in [-0.15, -0.1) is 0 Å². The number of ether oxygens (including phenoxy) is 1. The molecule has 0 spiro atoms. The van der Waals surface area contributed by atoms with Gasteiger partial charge in [-0.1, -0.05) is 0 Å². The zero-order chi connectivity index (χ0) is 15.0. The summed E-state index contributed by atoms with van der Waals surface area (Å²) in [6, 6.07) is 4.27. The van der Waals surface area contributed by atoms with E-state index in [0.717, 1.165) is 13.0 Å². The Kier molecular flexibility index (Phi) is 6.45. The number of carbonyl (C=O) groups is 1. The van der Waals surface area contributed by atoms with Crippen LogP contribution in [0.2, 0.25) is 0 Å². The highest BCUT2D eigenvalue weighted by Crippen LogP contribution is 2.09. The molecule has 2 N–H and O–H groups in total. The molecule has 0 unspecified atom stereocenters. The van der Waals surface area contributed by atoms with Crippen molar-refractivity contribution in [2.45, 2.75) is 45.8 Å². The lowest BCUT2D eigenvalue weighted by Gasteiger charge is -2.19. The van der Waals surface area contributed by atoms with E-state index in [2.05, 4.69) is 22.5 Å². The average molecular weight is 279 g/mol. The Hall–Kier alpha value is -1.62. The van der Waals surface area contributed by atoms with Crippen LogP contribution in [0, 0.1) is 0 Å². The summed E-state index contributed by atoms with van der Waals surface area (Å²) in [7, 11) is 0. The van der Waals surface area contributed by atoms with E-state index in [1.54, 1.807) is 12.4 Å². The van der Waals surface area contributed by atoms with E-state index in [1.807, 2.05) is 32.9 Å². The topological polar surface area (TPSA) is 63.2 Å². The predicted octanol–water partition coefficient (Wildman–Crippen LogP) is 2.65. The third-order valence-corrected chi connectivity index (χ3v) is 2.68. The van der Waals surface area contributed by atoms with Crippen molar-refractivity contribution in [3.8, 4) is 0 Å². The molecule has 1 aromatic rings. The highest BCUT2D eigenvalue weighted by molar-refractivity contribution is 5.67. The molecule has 1 aromatic heterocycles. The molecule has 0 aromatic carbocycles. The maximum absolute atomic E-state index is 11.4. The van der Waals surface area contributed by atoms with E-state index in [-0.39, 0.29) is 12.1 Å². The van der Waals surface area contributed by atoms with Crippen molar-refractivity contribution in [1.29, 1.82) is 0 Å². The lowest BCUT2D eigenvalue weighted by atomic mass is 10.1. The number of nitrogens with one attached hydrogen (secondary N) is 2. The number of pyridine rings is 1. The predicted molar refractivity (Wildman–Crippen MR) is 79.5 cm³/mol. The first-order chi connectivity index (χ1) is 9.38. The summed E-state index contributed by atoms with van der Waals surface area (Å²) in [5.41, 5.74) is 0.762. The van der Waals surface area contributed by atoms with E-state index in [9.17, 15) is 4.79 Å². The van der Waals surface area contributed by atoms with Gasteiger partial charge in [-0.25, -0.2) is 4.79 Å². The van der Waals surface area contributed by atoms with Crippen molar-refractivity contribution in [2.24, 2.45) is 0 Å². The van der Waals surface area contributed by atoms with Crippen LogP contribution >= 0.6 is 0 Å². The largest absolute Gasteiger partial charge is 0.444 e. The molecule has 0 saturated carbocycles. The van der Waals surface area contributed by atoms with Crippen LogP contribution in [0.3, 0.4) is 0 Å². The Balaban J connectivity index is 2.12. The Bertz CT molecular complexity index is 401. The second kappa shape index (κ2) is 7.85. The van der Waals surface area contributed by atoms with Gasteiger partial charge >= 0.3 is 6.09 Å². The highest BCUT2D eigenvalue weighted by Gasteiger charge is 2.15. The Labute approximate surface area is 121 Å². The van der Waals surface area contributed by atoms with Gasteiger partial charge in [0, 0.05) is 25.0 Å². The molecule has 112 valence electrons. The van der Waals surface area contributed by atoms with Gasteiger partial charge in [0.15, 0.2) is 0 Å². The standard InChI is InChI=1S/C15H25N3O2/c1-12(13-6-10-16-11-7-13)17-8-5-9-18-14(19)20-15(2,3)4/h6-7,10-12,17H,5,8-9H2,1-4H3,(H,18,19)/t12-/m1/s1. The summed E-state index contributed by atoms with van der Waals surface area (Å²) >= 11 is 0. The van der Waals surface area contributed by atoms with Gasteiger partial charge in [0.25, 0.3) is 0 Å². The minimum Gasteiger partial charge on any atom is -0.444 e. The van der Waals surface area contributed by atoms with Crippen molar-refractivity contribution in [3.05, 3.63) is 30.1 Å². The number of rotatable bonds is 6. The fourth-order valence-electron chi connectivity index (χ4n) is 1.68. The molecule has 1 amide bonds. The molecule has 0 radical (unpaired) electrons. The van der Waals surface area contributed by atoms with Crippen LogP contribution in [-0.4, -0.2) is 29.8 Å². The number of amides is 1. The van der Waals surface area contributed by atoms with Gasteiger partial charge in [0.1, 0.15) is 5.60 Å². The first-order valence-corrected chi connectivity index (χ1v) is 6.98. The van der Waals surface area contributed by atoms with Crippen LogP contribution in [0.25, 0.3) is 0 Å². The lowest BCUT2D eigenvalue weighted by molar-refractivity contribution is 0.0527. The third kappa shape index (κ3) is 7.09. The monoisotopic (exact) mass is 279 g/mol. The molecule has 1 rings (SSSR count). The SMILES string of the molecule is C[C@@H](NCCCNC(=O)OC(C)(C)C)c1ccncc1. The molecule has 1 heterocycles. The van der Waals surface area contributed by atoms with Crippen molar-refractivity contribution in [2.75, 3.05) is 13.1 Å². The molecule has 0 bridgehead atoms. The summed E-state index contributed by atoms with van der Waals surface area (Å²) < 4.78 is 5.16. The molecule has 0 aliphatic heterocycles. The molecule has 20 heavy (non-hydrogen) atoms. The van der Waals surface area contributed by atoms with Gasteiger partial charge in [0.05, 0.1) is 0 Å². The Morgan fingerprint density at radius 1 is 1.30 bits per heavy atom. The van der Waals surface area contributed by atoms with Gasteiger partial charge < -0.3 is 15.4 Å². The number of nitrogens with zero attached hydrogens (tertiary/aromatic N) is 1. The molecule has 1 atom stereocenters. The number of hydrogen-bond acceptors (Lipinski definition) is 4. The summed E-state index contributed by atoms with van der Waals surface area (Å²) in [5.74, 6) is 0. The van der Waals surface area contributed by atoms with Gasteiger partial charge in [-0.2, -0.15) is 0 Å². The molecular formula is C15H25N3O2. The maximum Gasteiger partial charge on any atom is 0.407 e. The summed E-state index contributed by atoms with van der Waals surface area (Å²) in [5, 5.41) is 6.14. The van der Waals surface area contributed by atoms with Gasteiger partial charge in [-0.05, 0) is 58.4 Å². The van der Waals surface area contributed by atoms with Crippen LogP contribution < -0.4 is 10.6 Å². The van der Waals surface area contributed by atoms with E-state index in [1.165, 1.54) is 5.56 Å². The minimum atomic E-state index is -0.446. The smallest absolute Gasteiger partial charge is 0.407 e. The normalized spacial score (nSPS) is 12.8. The lowest BCUT2D eigenvalue weighted by Crippen LogP contribution is -2.34. The van der Waals surface area contributed by atoms with E-state index >= 15 is 0 Å². The molecule has 5 heteroatoms. The molecule has 0 aliphatic carbocycles. The van der Waals surface area contributed by atoms with Crippen LogP contribution in [0.5, 0.6) is 0 Å². The van der Waals surface area contributed by atoms with E-state index in [4.69, 9.17) is 4.74 Å². The number of carbonyl (C=O) groups excluding carboxylic acids is 1. The molecule has 0 aliphatic rings. The van der Waals surface area contributed by atoms with Crippen LogP contribution in [0.15, 0.2) is 24.5 Å². The molecule has 5 nitrogen and oxygen atoms in total. The second-order valence-corrected chi connectivity index (χ2v) is 5.74. The Morgan fingerprint density at radius 3 is 2.55 bits per heavy atom. The van der Waals surface area contributed by atoms with Crippen LogP contribution in [-0.2, 0) is 4.74 Å². The zero-order valence-corrected chi connectivity index (χ0v) is 12.8. The van der Waals surface area contributed by atoms with Crippen molar-refractivity contribution in [1.82, 2.24) is 15.6 Å². The number of alkyl carbamates (subject to hydrolysis) is 1. The summed E-state index contributed by atoms with van der Waals surface area (Å²) in [6.45, 7) is 9.10. The number of aromatic nitrogens is 1. The molecule has 0 saturated heterocycles. The fourth-order valence-corrected chi connectivity index (χ4v) is 1.68. The van der Waals surface area contributed by atoms with Crippen molar-refractivity contribution >= 4 is 6.09 Å². The van der Waals surface area contributed by atoms with Gasteiger partial charge in [-0.3, -0.25) is 4.98 Å². The van der Waals surface area contributed by atoms with E-state index in [0.29, 0.717) is 6.54 Å². The molecular weight excluding hydrogens is 254 g/mol. The molecule has 0 fully saturated rings. The van der Waals surface area contributed by atoms with Crippen molar-refractivity contribution in [3.63, 3.8) is 0 Å². The van der Waals surface area contributed by atoms with Crippen molar-refractivity contribution < 1.29 is 9.53 Å². The quantitative estimate of drug-likeness (QED) is 0.786. The first-order valence-electron chi connectivity index (χ1n) is 6.98. The third-order valence-electron chi connectivity index (χ3n) is 2.68. The van der Waals surface area contributed by atoms with Crippen LogP contribution in [0.1, 0.15) is 45.7 Å². The Morgan fingerprint density at radius 2 is 1.95 bits per heavy atom. The second-order valence-electron chi connectivity index (χ2n) is 5.74.